The first-order chi connectivity index (χ1) is 12.1. The zero-order valence-electron chi connectivity index (χ0n) is 13.7. The lowest BCUT2D eigenvalue weighted by molar-refractivity contribution is -0.605. The number of nitrogens with zero attached hydrogens (tertiary/aromatic N) is 3. The summed E-state index contributed by atoms with van der Waals surface area (Å²) in [5.41, 5.74) is 4.09. The highest BCUT2D eigenvalue weighted by Gasteiger charge is 2.27. The summed E-state index contributed by atoms with van der Waals surface area (Å²) in [5, 5.41) is 16.9. The minimum absolute atomic E-state index is 0.388. The number of hydrogen-bond donors (Lipinski definition) is 0. The van der Waals surface area contributed by atoms with E-state index in [1.165, 1.54) is 25.2 Å². The Labute approximate surface area is 155 Å². The van der Waals surface area contributed by atoms with Crippen LogP contribution in [0.2, 0.25) is 10.0 Å². The van der Waals surface area contributed by atoms with Crippen molar-refractivity contribution in [2.75, 3.05) is 7.11 Å². The van der Waals surface area contributed by atoms with Gasteiger partial charge in [0, 0.05) is 17.5 Å². The number of fused-ring (bicyclic) bond motifs is 1. The molecule has 25 heavy (non-hydrogen) atoms. The molecule has 0 aliphatic heterocycles. The smallest absolute Gasteiger partial charge is 0.214 e. The van der Waals surface area contributed by atoms with Gasteiger partial charge < -0.3 is 9.94 Å². The number of rotatable bonds is 5. The van der Waals surface area contributed by atoms with Crippen molar-refractivity contribution in [1.29, 1.82) is 0 Å². The van der Waals surface area contributed by atoms with Crippen LogP contribution in [0, 0.1) is 5.21 Å². The zero-order chi connectivity index (χ0) is 17.6. The van der Waals surface area contributed by atoms with Crippen LogP contribution in [0.3, 0.4) is 0 Å². The maximum Gasteiger partial charge on any atom is 0.214 e. The highest BCUT2D eigenvalue weighted by molar-refractivity contribution is 6.35. The highest BCUT2D eigenvalue weighted by Crippen LogP contribution is 2.40. The summed E-state index contributed by atoms with van der Waals surface area (Å²) in [7, 11) is 1.65. The van der Waals surface area contributed by atoms with E-state index in [1.807, 2.05) is 16.6 Å². The number of hydrogen-bond acceptors (Lipinski definition) is 3. The molecule has 7 heteroatoms. The number of methoxy groups -OCH3 is 1. The Hall–Kier alpha value is -1.98. The van der Waals surface area contributed by atoms with Crippen LogP contribution in [-0.2, 0) is 12.8 Å². The Balaban J connectivity index is 1.68. The molecule has 130 valence electrons. The van der Waals surface area contributed by atoms with Crippen LogP contribution in [0.4, 0.5) is 0 Å². The molecule has 4 rings (SSSR count). The number of ether oxygens (including phenoxy) is 1. The summed E-state index contributed by atoms with van der Waals surface area (Å²) in [6, 6.07) is 6.12. The van der Waals surface area contributed by atoms with Gasteiger partial charge >= 0.3 is 0 Å². The molecule has 0 atom stereocenters. The van der Waals surface area contributed by atoms with E-state index in [9.17, 15) is 5.21 Å². The van der Waals surface area contributed by atoms with Crippen LogP contribution in [0.1, 0.15) is 35.6 Å². The molecule has 1 aliphatic rings. The molecule has 0 radical (unpaired) electrons. The third kappa shape index (κ3) is 3.14. The van der Waals surface area contributed by atoms with Gasteiger partial charge in [-0.05, 0) is 37.3 Å². The first kappa shape index (κ1) is 16.5. The van der Waals surface area contributed by atoms with Crippen molar-refractivity contribution < 1.29 is 9.47 Å². The maximum absolute atomic E-state index is 11.4. The molecule has 1 fully saturated rings. The summed E-state index contributed by atoms with van der Waals surface area (Å²) in [4.78, 5) is 0. The first-order valence-corrected chi connectivity index (χ1v) is 8.94. The Morgan fingerprint density at radius 3 is 2.60 bits per heavy atom. The number of aryl methyl sites for hydroxylation is 1. The second-order valence-electron chi connectivity index (χ2n) is 6.33. The predicted molar refractivity (Wildman–Crippen MR) is 96.5 cm³/mol. The summed E-state index contributed by atoms with van der Waals surface area (Å²) >= 11 is 12.4. The molecule has 3 heterocycles. The molecule has 3 aromatic heterocycles. The summed E-state index contributed by atoms with van der Waals surface area (Å²) in [6.07, 6.45) is 6.45. The molecule has 1 saturated carbocycles. The Morgan fingerprint density at radius 1 is 1.24 bits per heavy atom. The van der Waals surface area contributed by atoms with Crippen molar-refractivity contribution in [1.82, 2.24) is 9.61 Å². The van der Waals surface area contributed by atoms with Crippen LogP contribution >= 0.6 is 23.2 Å². The van der Waals surface area contributed by atoms with Gasteiger partial charge in [-0.25, -0.2) is 4.52 Å². The third-order valence-electron chi connectivity index (χ3n) is 4.60. The molecule has 0 spiro atoms. The molecule has 0 saturated heterocycles. The van der Waals surface area contributed by atoms with Gasteiger partial charge in [0.15, 0.2) is 12.4 Å². The summed E-state index contributed by atoms with van der Waals surface area (Å²) < 4.78 is 7.92. The Bertz CT molecular complexity index is 928. The van der Waals surface area contributed by atoms with E-state index in [0.717, 1.165) is 28.8 Å². The molecule has 0 aromatic carbocycles. The number of aromatic nitrogens is 3. The van der Waals surface area contributed by atoms with E-state index in [1.54, 1.807) is 7.11 Å². The average molecular weight is 378 g/mol. The lowest BCUT2D eigenvalue weighted by Gasteiger charge is -2.09. The lowest BCUT2D eigenvalue weighted by Crippen LogP contribution is -2.25. The Kier molecular flexibility index (Phi) is 4.21. The van der Waals surface area contributed by atoms with Crippen LogP contribution in [0.25, 0.3) is 5.52 Å². The van der Waals surface area contributed by atoms with Crippen LogP contribution in [0.5, 0.6) is 5.88 Å². The molecular formula is C18H17Cl2N3O2. The van der Waals surface area contributed by atoms with E-state index >= 15 is 0 Å². The molecule has 3 aromatic rings. The van der Waals surface area contributed by atoms with Crippen molar-refractivity contribution in [2.45, 2.75) is 31.6 Å². The van der Waals surface area contributed by atoms with Gasteiger partial charge in [0.1, 0.15) is 10.0 Å². The van der Waals surface area contributed by atoms with Crippen molar-refractivity contribution in [3.8, 4) is 5.88 Å². The van der Waals surface area contributed by atoms with Crippen molar-refractivity contribution >= 4 is 28.7 Å². The minimum atomic E-state index is 0.388. The number of halogens is 2. The molecular weight excluding hydrogens is 361 g/mol. The van der Waals surface area contributed by atoms with E-state index in [-0.39, 0.29) is 0 Å². The monoisotopic (exact) mass is 377 g/mol. The van der Waals surface area contributed by atoms with Gasteiger partial charge in [-0.3, -0.25) is 0 Å². The van der Waals surface area contributed by atoms with E-state index < -0.39 is 0 Å². The van der Waals surface area contributed by atoms with Gasteiger partial charge in [0.05, 0.1) is 18.3 Å². The summed E-state index contributed by atoms with van der Waals surface area (Å²) in [5.74, 6) is 1.29. The van der Waals surface area contributed by atoms with Crippen molar-refractivity contribution in [3.05, 3.63) is 62.7 Å². The van der Waals surface area contributed by atoms with Gasteiger partial charge in [0.25, 0.3) is 0 Å². The fourth-order valence-corrected chi connectivity index (χ4v) is 3.73. The van der Waals surface area contributed by atoms with Crippen molar-refractivity contribution in [2.24, 2.45) is 0 Å². The largest absolute Gasteiger partial charge is 0.619 e. The predicted octanol–water partition coefficient (Wildman–Crippen LogP) is 3.95. The quantitative estimate of drug-likeness (QED) is 0.499. The van der Waals surface area contributed by atoms with Crippen LogP contribution in [-0.4, -0.2) is 16.7 Å². The van der Waals surface area contributed by atoms with Gasteiger partial charge in [-0.2, -0.15) is 9.83 Å². The molecule has 0 bridgehead atoms. The lowest BCUT2D eigenvalue weighted by atomic mass is 10.0. The maximum atomic E-state index is 11.4. The fraction of sp³-hybridized carbons (Fsp3) is 0.333. The van der Waals surface area contributed by atoms with Gasteiger partial charge in [-0.1, -0.05) is 29.3 Å². The highest BCUT2D eigenvalue weighted by atomic mass is 35.5. The number of pyridine rings is 2. The Morgan fingerprint density at radius 2 is 1.96 bits per heavy atom. The minimum Gasteiger partial charge on any atom is -0.619 e. The first-order valence-electron chi connectivity index (χ1n) is 8.19. The normalized spacial score (nSPS) is 14.2. The van der Waals surface area contributed by atoms with Crippen molar-refractivity contribution in [3.63, 3.8) is 0 Å². The molecule has 0 N–H and O–H groups in total. The molecule has 5 nitrogen and oxygen atoms in total. The van der Waals surface area contributed by atoms with Gasteiger partial charge in [-0.15, -0.1) is 0 Å². The summed E-state index contributed by atoms with van der Waals surface area (Å²) in [6.45, 7) is 0. The topological polar surface area (TPSA) is 53.5 Å². The molecule has 1 aliphatic carbocycles. The van der Waals surface area contributed by atoms with E-state index in [4.69, 9.17) is 33.0 Å². The average Bonchev–Trinajstić information content (AvgIpc) is 3.32. The van der Waals surface area contributed by atoms with Crippen LogP contribution < -0.4 is 9.47 Å². The second-order valence-corrected chi connectivity index (χ2v) is 7.15. The standard InChI is InChI=1S/C18H17Cl2N3O2/c1-25-18-7-5-12(17-8-16(11-2-3-11)21-23(17)18)4-6-13-14(19)9-22(24)10-15(13)20/h5,7-11H,2-4,6H2,1H3. The molecule has 0 unspecified atom stereocenters. The zero-order valence-corrected chi connectivity index (χ0v) is 15.2. The van der Waals surface area contributed by atoms with E-state index in [2.05, 4.69) is 6.07 Å². The second kappa shape index (κ2) is 6.39. The van der Waals surface area contributed by atoms with Gasteiger partial charge in [0.2, 0.25) is 5.88 Å². The SMILES string of the molecule is COc1ccc(CCc2c(Cl)c[n+]([O-])cc2Cl)c2cc(C3CC3)nn12. The van der Waals surface area contributed by atoms with Crippen LogP contribution in [0.15, 0.2) is 30.6 Å². The van der Waals surface area contributed by atoms with E-state index in [0.29, 0.717) is 33.0 Å². The fourth-order valence-electron chi connectivity index (χ4n) is 3.10. The molecule has 0 amide bonds. The third-order valence-corrected chi connectivity index (χ3v) is 5.25.